The zero-order valence-electron chi connectivity index (χ0n) is 12.1. The minimum Gasteiger partial charge on any atom is -0.449 e. The molecule has 3 aromatic rings. The van der Waals surface area contributed by atoms with Gasteiger partial charge in [-0.1, -0.05) is 18.2 Å². The van der Waals surface area contributed by atoms with E-state index in [2.05, 4.69) is 10.2 Å². The second-order valence-corrected chi connectivity index (χ2v) is 5.66. The Balaban J connectivity index is 1.69. The molecule has 1 atom stereocenters. The predicted molar refractivity (Wildman–Crippen MR) is 83.3 cm³/mol. The summed E-state index contributed by atoms with van der Waals surface area (Å²) >= 11 is 1.48. The molecule has 0 amide bonds. The summed E-state index contributed by atoms with van der Waals surface area (Å²) < 4.78 is 10.8. The van der Waals surface area contributed by atoms with Gasteiger partial charge in [-0.05, 0) is 30.5 Å². The number of aromatic nitrogens is 2. The molecule has 0 N–H and O–H groups in total. The summed E-state index contributed by atoms with van der Waals surface area (Å²) in [4.78, 5) is 23.5. The first kappa shape index (κ1) is 15.1. The van der Waals surface area contributed by atoms with Crippen LogP contribution in [0.1, 0.15) is 39.6 Å². The van der Waals surface area contributed by atoms with Gasteiger partial charge < -0.3 is 9.15 Å². The lowest BCUT2D eigenvalue weighted by Crippen LogP contribution is -2.09. The van der Waals surface area contributed by atoms with E-state index in [4.69, 9.17) is 9.15 Å². The lowest BCUT2D eigenvalue weighted by atomic mass is 10.1. The Labute approximate surface area is 135 Å². The van der Waals surface area contributed by atoms with Gasteiger partial charge in [0.2, 0.25) is 0 Å². The Morgan fingerprint density at radius 3 is 2.70 bits per heavy atom. The molecule has 0 unspecified atom stereocenters. The van der Waals surface area contributed by atoms with E-state index < -0.39 is 12.1 Å². The van der Waals surface area contributed by atoms with Gasteiger partial charge in [0.1, 0.15) is 6.29 Å². The fraction of sp³-hybridized carbons (Fsp3) is 0.125. The first-order valence-electron chi connectivity index (χ1n) is 6.81. The summed E-state index contributed by atoms with van der Waals surface area (Å²) in [6, 6.07) is 9.92. The van der Waals surface area contributed by atoms with Crippen molar-refractivity contribution in [1.82, 2.24) is 10.2 Å². The van der Waals surface area contributed by atoms with E-state index in [1.165, 1.54) is 23.5 Å². The second kappa shape index (κ2) is 6.53. The summed E-state index contributed by atoms with van der Waals surface area (Å²) in [6.45, 7) is 1.66. The number of nitrogens with zero attached hydrogens (tertiary/aromatic N) is 2. The number of esters is 1. The molecule has 6 nitrogen and oxygen atoms in total. The third kappa shape index (κ3) is 3.35. The highest BCUT2D eigenvalue weighted by Gasteiger charge is 2.20. The number of hydrogen-bond acceptors (Lipinski definition) is 7. The molecular weight excluding hydrogens is 316 g/mol. The molecule has 1 aromatic carbocycles. The number of thiophene rings is 1. The number of carbonyl (C=O) groups excluding carboxylic acids is 2. The highest BCUT2D eigenvalue weighted by Crippen LogP contribution is 2.26. The van der Waals surface area contributed by atoms with Crippen LogP contribution < -0.4 is 0 Å². The third-order valence-electron chi connectivity index (χ3n) is 3.09. The summed E-state index contributed by atoms with van der Waals surface area (Å²) in [7, 11) is 0. The monoisotopic (exact) mass is 328 g/mol. The molecule has 3 rings (SSSR count). The molecule has 2 heterocycles. The Hall–Kier alpha value is -2.80. The summed E-state index contributed by atoms with van der Waals surface area (Å²) in [5.41, 5.74) is 0.840. The number of aldehydes is 1. The van der Waals surface area contributed by atoms with Gasteiger partial charge >= 0.3 is 5.97 Å². The standard InChI is InChI=1S/C16H12N2O4S/c1-10(14-17-18-15(22-14)13-3-2-8-23-13)21-16(20)12-6-4-11(9-19)5-7-12/h2-10H,1H3/t10-/m0/s1. The van der Waals surface area contributed by atoms with Gasteiger partial charge in [0.15, 0.2) is 6.10 Å². The van der Waals surface area contributed by atoms with Gasteiger partial charge in [0, 0.05) is 5.56 Å². The fourth-order valence-electron chi connectivity index (χ4n) is 1.88. The van der Waals surface area contributed by atoms with Gasteiger partial charge in [-0.2, -0.15) is 0 Å². The van der Waals surface area contributed by atoms with Crippen LogP contribution in [0.3, 0.4) is 0 Å². The Bertz CT molecular complexity index is 809. The summed E-state index contributed by atoms with van der Waals surface area (Å²) in [6.07, 6.45) is 0.0388. The Morgan fingerprint density at radius 1 is 1.26 bits per heavy atom. The molecule has 2 aromatic heterocycles. The van der Waals surface area contributed by atoms with Crippen molar-refractivity contribution in [1.29, 1.82) is 0 Å². The predicted octanol–water partition coefficient (Wildman–Crippen LogP) is 3.53. The quantitative estimate of drug-likeness (QED) is 0.526. The average Bonchev–Trinajstić information content (AvgIpc) is 3.25. The number of ether oxygens (including phenoxy) is 1. The van der Waals surface area contributed by atoms with E-state index in [-0.39, 0.29) is 5.89 Å². The van der Waals surface area contributed by atoms with Crippen LogP contribution in [0.2, 0.25) is 0 Å². The lowest BCUT2D eigenvalue weighted by Gasteiger charge is -2.09. The zero-order chi connectivity index (χ0) is 16.2. The topological polar surface area (TPSA) is 82.3 Å². The molecule has 0 aliphatic carbocycles. The van der Waals surface area contributed by atoms with E-state index in [0.717, 1.165) is 4.88 Å². The van der Waals surface area contributed by atoms with E-state index in [0.29, 0.717) is 23.3 Å². The maximum absolute atomic E-state index is 12.1. The van der Waals surface area contributed by atoms with Crippen molar-refractivity contribution in [2.75, 3.05) is 0 Å². The van der Waals surface area contributed by atoms with Gasteiger partial charge in [0.25, 0.3) is 11.8 Å². The molecule has 0 bridgehead atoms. The van der Waals surface area contributed by atoms with E-state index in [1.54, 1.807) is 19.1 Å². The first-order valence-corrected chi connectivity index (χ1v) is 7.69. The van der Waals surface area contributed by atoms with Crippen molar-refractivity contribution in [2.24, 2.45) is 0 Å². The van der Waals surface area contributed by atoms with E-state index in [9.17, 15) is 9.59 Å². The van der Waals surface area contributed by atoms with Crippen molar-refractivity contribution in [3.63, 3.8) is 0 Å². The number of carbonyl (C=O) groups is 2. The first-order chi connectivity index (χ1) is 11.2. The SMILES string of the molecule is C[C@H](OC(=O)c1ccc(C=O)cc1)c1nnc(-c2cccs2)o1. The molecule has 0 saturated carbocycles. The molecule has 0 saturated heterocycles. The minimum absolute atomic E-state index is 0.228. The maximum Gasteiger partial charge on any atom is 0.338 e. The average molecular weight is 328 g/mol. The molecule has 0 aliphatic rings. The molecule has 23 heavy (non-hydrogen) atoms. The molecular formula is C16H12N2O4S. The normalized spacial score (nSPS) is 11.9. The maximum atomic E-state index is 12.1. The van der Waals surface area contributed by atoms with Crippen LogP contribution in [0.4, 0.5) is 0 Å². The van der Waals surface area contributed by atoms with Crippen LogP contribution in [0.15, 0.2) is 46.2 Å². The number of hydrogen-bond donors (Lipinski definition) is 0. The Kier molecular flexibility index (Phi) is 4.29. The smallest absolute Gasteiger partial charge is 0.338 e. The molecule has 0 radical (unpaired) electrons. The van der Waals surface area contributed by atoms with Crippen LogP contribution in [0, 0.1) is 0 Å². The highest BCUT2D eigenvalue weighted by atomic mass is 32.1. The zero-order valence-corrected chi connectivity index (χ0v) is 12.9. The third-order valence-corrected chi connectivity index (χ3v) is 3.94. The number of rotatable bonds is 5. The van der Waals surface area contributed by atoms with Crippen molar-refractivity contribution < 1.29 is 18.7 Å². The van der Waals surface area contributed by atoms with Gasteiger partial charge in [-0.3, -0.25) is 4.79 Å². The van der Waals surface area contributed by atoms with Crippen LogP contribution in [0.25, 0.3) is 10.8 Å². The largest absolute Gasteiger partial charge is 0.449 e. The molecule has 0 aliphatic heterocycles. The van der Waals surface area contributed by atoms with Crippen molar-refractivity contribution in [3.8, 4) is 10.8 Å². The van der Waals surface area contributed by atoms with Crippen molar-refractivity contribution in [3.05, 3.63) is 58.8 Å². The van der Waals surface area contributed by atoms with Crippen LogP contribution in [-0.4, -0.2) is 22.5 Å². The summed E-state index contributed by atoms with van der Waals surface area (Å²) in [5, 5.41) is 9.77. The molecule has 116 valence electrons. The molecule has 0 spiro atoms. The van der Waals surface area contributed by atoms with Crippen LogP contribution in [-0.2, 0) is 4.74 Å². The molecule has 7 heteroatoms. The molecule has 0 fully saturated rings. The second-order valence-electron chi connectivity index (χ2n) is 4.71. The van der Waals surface area contributed by atoms with Gasteiger partial charge in [-0.15, -0.1) is 21.5 Å². The van der Waals surface area contributed by atoms with Crippen LogP contribution in [0.5, 0.6) is 0 Å². The highest BCUT2D eigenvalue weighted by molar-refractivity contribution is 7.13. The van der Waals surface area contributed by atoms with Gasteiger partial charge in [0.05, 0.1) is 10.4 Å². The van der Waals surface area contributed by atoms with Crippen LogP contribution >= 0.6 is 11.3 Å². The number of benzene rings is 1. The Morgan fingerprint density at radius 2 is 2.04 bits per heavy atom. The van der Waals surface area contributed by atoms with E-state index >= 15 is 0 Å². The van der Waals surface area contributed by atoms with Crippen molar-refractivity contribution in [2.45, 2.75) is 13.0 Å². The fourth-order valence-corrected chi connectivity index (χ4v) is 2.52. The minimum atomic E-state index is -0.672. The van der Waals surface area contributed by atoms with E-state index in [1.807, 2.05) is 17.5 Å². The van der Waals surface area contributed by atoms with Gasteiger partial charge in [-0.25, -0.2) is 4.79 Å². The summed E-state index contributed by atoms with van der Waals surface area (Å²) in [5.74, 6) is 0.102. The van der Waals surface area contributed by atoms with Crippen molar-refractivity contribution >= 4 is 23.6 Å². The lowest BCUT2D eigenvalue weighted by molar-refractivity contribution is 0.0280.